The molecular formula is C16H24FN3O2. The van der Waals surface area contributed by atoms with Gasteiger partial charge in [-0.1, -0.05) is 6.07 Å². The van der Waals surface area contributed by atoms with Crippen LogP contribution in [0.3, 0.4) is 0 Å². The Morgan fingerprint density at radius 1 is 1.59 bits per heavy atom. The Balaban J connectivity index is 1.92. The fourth-order valence-corrected chi connectivity index (χ4v) is 2.77. The fourth-order valence-electron chi connectivity index (χ4n) is 2.77. The van der Waals surface area contributed by atoms with Crippen molar-refractivity contribution in [2.75, 3.05) is 31.6 Å². The van der Waals surface area contributed by atoms with E-state index in [1.165, 1.54) is 17.0 Å². The van der Waals surface area contributed by atoms with Gasteiger partial charge in [0, 0.05) is 38.4 Å². The van der Waals surface area contributed by atoms with Crippen LogP contribution in [0.25, 0.3) is 0 Å². The summed E-state index contributed by atoms with van der Waals surface area (Å²) in [6, 6.07) is 6.37. The molecule has 0 spiro atoms. The minimum Gasteiger partial charge on any atom is -0.392 e. The highest BCUT2D eigenvalue weighted by Crippen LogP contribution is 2.20. The van der Waals surface area contributed by atoms with Crippen LogP contribution in [-0.2, 0) is 0 Å². The summed E-state index contributed by atoms with van der Waals surface area (Å²) in [6.45, 7) is 3.47. The molecule has 1 aliphatic heterocycles. The number of carbonyl (C=O) groups is 1. The van der Waals surface area contributed by atoms with Crippen molar-refractivity contribution in [3.63, 3.8) is 0 Å². The van der Waals surface area contributed by atoms with Crippen molar-refractivity contribution in [1.82, 2.24) is 10.2 Å². The second-order valence-electron chi connectivity index (χ2n) is 5.94. The Bertz CT molecular complexity index is 510. The molecule has 1 saturated heterocycles. The number of nitrogens with one attached hydrogen (secondary N) is 1. The van der Waals surface area contributed by atoms with E-state index in [9.17, 15) is 14.3 Å². The Morgan fingerprint density at radius 3 is 3.05 bits per heavy atom. The van der Waals surface area contributed by atoms with Gasteiger partial charge in [0.1, 0.15) is 5.82 Å². The van der Waals surface area contributed by atoms with E-state index < -0.39 is 6.10 Å². The Hall–Kier alpha value is -1.82. The normalized spacial score (nSPS) is 19.6. The quantitative estimate of drug-likeness (QED) is 0.892. The molecule has 2 unspecified atom stereocenters. The first-order chi connectivity index (χ1) is 10.5. The molecule has 2 rings (SSSR count). The van der Waals surface area contributed by atoms with Crippen molar-refractivity contribution in [3.8, 4) is 0 Å². The first-order valence-corrected chi connectivity index (χ1v) is 7.66. The van der Waals surface area contributed by atoms with Crippen molar-refractivity contribution in [2.45, 2.75) is 31.9 Å². The number of rotatable bonds is 4. The number of anilines is 1. The van der Waals surface area contributed by atoms with Crippen LogP contribution >= 0.6 is 0 Å². The van der Waals surface area contributed by atoms with Gasteiger partial charge >= 0.3 is 6.03 Å². The van der Waals surface area contributed by atoms with Crippen molar-refractivity contribution in [1.29, 1.82) is 0 Å². The van der Waals surface area contributed by atoms with Crippen LogP contribution in [-0.4, -0.2) is 54.9 Å². The van der Waals surface area contributed by atoms with E-state index in [1.54, 1.807) is 20.0 Å². The van der Waals surface area contributed by atoms with E-state index in [4.69, 9.17) is 0 Å². The Kier molecular flexibility index (Phi) is 5.60. The van der Waals surface area contributed by atoms with Gasteiger partial charge in [-0.05, 0) is 38.0 Å². The van der Waals surface area contributed by atoms with E-state index >= 15 is 0 Å². The highest BCUT2D eigenvalue weighted by molar-refractivity contribution is 5.74. The van der Waals surface area contributed by atoms with Gasteiger partial charge in [0.2, 0.25) is 0 Å². The lowest BCUT2D eigenvalue weighted by atomic mass is 10.0. The molecule has 0 bridgehead atoms. The monoisotopic (exact) mass is 309 g/mol. The Labute approximate surface area is 130 Å². The van der Waals surface area contributed by atoms with Crippen LogP contribution in [0.1, 0.15) is 19.8 Å². The number of hydrogen-bond donors (Lipinski definition) is 2. The fraction of sp³-hybridized carbons (Fsp3) is 0.562. The van der Waals surface area contributed by atoms with Gasteiger partial charge in [-0.3, -0.25) is 0 Å². The number of aliphatic hydroxyl groups is 1. The number of halogens is 1. The molecule has 2 amide bonds. The van der Waals surface area contributed by atoms with Crippen LogP contribution in [0.4, 0.5) is 14.9 Å². The first-order valence-electron chi connectivity index (χ1n) is 7.66. The maximum Gasteiger partial charge on any atom is 0.317 e. The predicted octanol–water partition coefficient (Wildman–Crippen LogP) is 1.82. The lowest BCUT2D eigenvalue weighted by Crippen LogP contribution is -2.51. The van der Waals surface area contributed by atoms with Gasteiger partial charge in [0.25, 0.3) is 0 Å². The average Bonchev–Trinajstić information content (AvgIpc) is 2.47. The minimum absolute atomic E-state index is 0.0287. The molecule has 5 nitrogen and oxygen atoms in total. The maximum absolute atomic E-state index is 13.3. The number of benzene rings is 1. The van der Waals surface area contributed by atoms with E-state index in [2.05, 4.69) is 10.2 Å². The van der Waals surface area contributed by atoms with Gasteiger partial charge in [-0.2, -0.15) is 0 Å². The van der Waals surface area contributed by atoms with Crippen molar-refractivity contribution >= 4 is 11.7 Å². The van der Waals surface area contributed by atoms with Crippen LogP contribution in [0.15, 0.2) is 24.3 Å². The number of piperidine rings is 1. The first kappa shape index (κ1) is 16.5. The zero-order chi connectivity index (χ0) is 16.1. The van der Waals surface area contributed by atoms with Gasteiger partial charge < -0.3 is 20.2 Å². The lowest BCUT2D eigenvalue weighted by molar-refractivity contribution is 0.142. The zero-order valence-corrected chi connectivity index (χ0v) is 13.1. The van der Waals surface area contributed by atoms with Crippen LogP contribution in [0.5, 0.6) is 0 Å². The van der Waals surface area contributed by atoms with Crippen molar-refractivity contribution in [2.24, 2.45) is 0 Å². The molecule has 2 N–H and O–H groups in total. The van der Waals surface area contributed by atoms with Crippen molar-refractivity contribution in [3.05, 3.63) is 30.1 Å². The largest absolute Gasteiger partial charge is 0.392 e. The molecule has 6 heteroatoms. The highest BCUT2D eigenvalue weighted by atomic mass is 19.1. The molecular weight excluding hydrogens is 285 g/mol. The predicted molar refractivity (Wildman–Crippen MR) is 84.5 cm³/mol. The molecule has 1 aromatic rings. The summed E-state index contributed by atoms with van der Waals surface area (Å²) < 4.78 is 13.3. The summed E-state index contributed by atoms with van der Waals surface area (Å²) in [6.07, 6.45) is 1.30. The molecule has 0 aromatic heterocycles. The number of urea groups is 1. The van der Waals surface area contributed by atoms with E-state index in [0.29, 0.717) is 13.1 Å². The summed E-state index contributed by atoms with van der Waals surface area (Å²) >= 11 is 0. The molecule has 0 aliphatic carbocycles. The molecule has 1 aromatic carbocycles. The molecule has 0 saturated carbocycles. The summed E-state index contributed by atoms with van der Waals surface area (Å²) in [7, 11) is 1.66. The maximum atomic E-state index is 13.3. The van der Waals surface area contributed by atoms with Gasteiger partial charge in [0.15, 0.2) is 0 Å². The number of likely N-dealkylation sites (N-methyl/N-ethyl adjacent to an activating group) is 1. The van der Waals surface area contributed by atoms with Gasteiger partial charge in [0.05, 0.1) is 6.10 Å². The zero-order valence-electron chi connectivity index (χ0n) is 13.1. The number of hydrogen-bond acceptors (Lipinski definition) is 3. The van der Waals surface area contributed by atoms with E-state index in [0.717, 1.165) is 25.1 Å². The third-order valence-electron chi connectivity index (χ3n) is 3.81. The second-order valence-corrected chi connectivity index (χ2v) is 5.94. The molecule has 1 heterocycles. The molecule has 122 valence electrons. The SMILES string of the molecule is CC(O)CN(C)C(=O)NC1CCCN(c2cccc(F)c2)C1. The minimum atomic E-state index is -0.550. The van der Waals surface area contributed by atoms with E-state index in [-0.39, 0.29) is 17.9 Å². The molecule has 1 aliphatic rings. The summed E-state index contributed by atoms with van der Waals surface area (Å²) in [4.78, 5) is 15.6. The molecule has 1 fully saturated rings. The summed E-state index contributed by atoms with van der Waals surface area (Å²) in [5.41, 5.74) is 0.844. The third kappa shape index (κ3) is 4.59. The van der Waals surface area contributed by atoms with Crippen LogP contribution in [0, 0.1) is 5.82 Å². The van der Waals surface area contributed by atoms with Crippen LogP contribution in [0.2, 0.25) is 0 Å². The summed E-state index contributed by atoms with van der Waals surface area (Å²) in [5.74, 6) is -0.250. The van der Waals surface area contributed by atoms with E-state index in [1.807, 2.05) is 6.07 Å². The molecule has 22 heavy (non-hydrogen) atoms. The smallest absolute Gasteiger partial charge is 0.317 e. The van der Waals surface area contributed by atoms with Gasteiger partial charge in [-0.25, -0.2) is 9.18 Å². The lowest BCUT2D eigenvalue weighted by Gasteiger charge is -2.35. The average molecular weight is 309 g/mol. The second kappa shape index (κ2) is 7.45. The number of carbonyl (C=O) groups excluding carboxylic acids is 1. The van der Waals surface area contributed by atoms with Crippen LogP contribution < -0.4 is 10.2 Å². The summed E-state index contributed by atoms with van der Waals surface area (Å²) in [5, 5.41) is 12.3. The number of nitrogens with zero attached hydrogens (tertiary/aromatic N) is 2. The number of amides is 2. The standard InChI is InChI=1S/C16H24FN3O2/c1-12(21)10-19(2)16(22)18-14-6-4-8-20(11-14)15-7-3-5-13(17)9-15/h3,5,7,9,12,14,21H,4,6,8,10-11H2,1-2H3,(H,18,22). The molecule has 2 atom stereocenters. The number of aliphatic hydroxyl groups excluding tert-OH is 1. The van der Waals surface area contributed by atoms with Crippen molar-refractivity contribution < 1.29 is 14.3 Å². The third-order valence-corrected chi connectivity index (χ3v) is 3.81. The molecule has 0 radical (unpaired) electrons. The topological polar surface area (TPSA) is 55.8 Å². The Morgan fingerprint density at radius 2 is 2.36 bits per heavy atom. The highest BCUT2D eigenvalue weighted by Gasteiger charge is 2.23. The van der Waals surface area contributed by atoms with Gasteiger partial charge in [-0.15, -0.1) is 0 Å².